The van der Waals surface area contributed by atoms with Crippen LogP contribution in [0.15, 0.2) is 34.8 Å². The highest BCUT2D eigenvalue weighted by Crippen LogP contribution is 2.33. The van der Waals surface area contributed by atoms with Crippen LogP contribution in [0.4, 0.5) is 8.78 Å². The molecule has 0 atom stereocenters. The third-order valence-corrected chi connectivity index (χ3v) is 4.36. The van der Waals surface area contributed by atoms with Gasteiger partial charge in [0.1, 0.15) is 5.82 Å². The molecular formula is C16H15BrClF2N. The van der Waals surface area contributed by atoms with E-state index < -0.39 is 5.82 Å². The van der Waals surface area contributed by atoms with Crippen LogP contribution in [0.1, 0.15) is 19.4 Å². The fraction of sp³-hybridized carbons (Fsp3) is 0.250. The molecule has 0 aliphatic rings. The van der Waals surface area contributed by atoms with E-state index in [-0.39, 0.29) is 22.4 Å². The molecule has 0 saturated carbocycles. The average Bonchev–Trinajstić information content (AvgIpc) is 2.43. The van der Waals surface area contributed by atoms with E-state index in [0.717, 1.165) is 0 Å². The minimum absolute atomic E-state index is 0.00143. The van der Waals surface area contributed by atoms with Crippen molar-refractivity contribution in [2.75, 3.05) is 0 Å². The molecule has 0 saturated heterocycles. The highest BCUT2D eigenvalue weighted by Gasteiger charge is 2.13. The second kappa shape index (κ2) is 6.86. The average molecular weight is 375 g/mol. The zero-order chi connectivity index (χ0) is 15.6. The first-order chi connectivity index (χ1) is 9.90. The third kappa shape index (κ3) is 3.82. The van der Waals surface area contributed by atoms with E-state index in [0.29, 0.717) is 22.1 Å². The molecule has 0 radical (unpaired) electrons. The van der Waals surface area contributed by atoms with Crippen molar-refractivity contribution >= 4 is 27.5 Å². The molecule has 0 amide bonds. The van der Waals surface area contributed by atoms with Gasteiger partial charge in [-0.1, -0.05) is 43.6 Å². The smallest absolute Gasteiger partial charge is 0.150 e. The summed E-state index contributed by atoms with van der Waals surface area (Å²) in [5.41, 5.74) is 1.30. The summed E-state index contributed by atoms with van der Waals surface area (Å²) >= 11 is 9.02. The van der Waals surface area contributed by atoms with E-state index >= 15 is 0 Å². The molecule has 112 valence electrons. The second-order valence-corrected chi connectivity index (χ2v) is 6.30. The lowest BCUT2D eigenvalue weighted by Crippen LogP contribution is -2.22. The molecule has 2 aromatic carbocycles. The van der Waals surface area contributed by atoms with E-state index in [4.69, 9.17) is 11.6 Å². The standard InChI is InChI=1S/C16H15BrClF2N/c1-9(2)21-8-11-4-3-10(7-14(11)19)12-5-6-13(17)15(18)16(12)20/h3-7,9,21H,8H2,1-2H3. The summed E-state index contributed by atoms with van der Waals surface area (Å²) in [7, 11) is 0. The van der Waals surface area contributed by atoms with Gasteiger partial charge < -0.3 is 5.32 Å². The Balaban J connectivity index is 2.34. The van der Waals surface area contributed by atoms with Crippen molar-refractivity contribution in [3.8, 4) is 11.1 Å². The molecule has 0 aliphatic carbocycles. The highest BCUT2D eigenvalue weighted by molar-refractivity contribution is 9.10. The lowest BCUT2D eigenvalue weighted by molar-refractivity contribution is 0.553. The molecule has 5 heteroatoms. The van der Waals surface area contributed by atoms with Crippen LogP contribution in [-0.4, -0.2) is 6.04 Å². The molecule has 2 aromatic rings. The number of nitrogens with one attached hydrogen (secondary N) is 1. The number of hydrogen-bond donors (Lipinski definition) is 1. The van der Waals surface area contributed by atoms with E-state index in [1.54, 1.807) is 24.3 Å². The van der Waals surface area contributed by atoms with Crippen molar-refractivity contribution in [1.82, 2.24) is 5.32 Å². The van der Waals surface area contributed by atoms with Crippen LogP contribution in [0.3, 0.4) is 0 Å². The van der Waals surface area contributed by atoms with Crippen molar-refractivity contribution < 1.29 is 8.78 Å². The first-order valence-corrected chi connectivity index (χ1v) is 7.73. The van der Waals surface area contributed by atoms with Gasteiger partial charge in [0.2, 0.25) is 0 Å². The maximum absolute atomic E-state index is 14.1. The predicted molar refractivity (Wildman–Crippen MR) is 86.5 cm³/mol. The molecule has 0 fully saturated rings. The highest BCUT2D eigenvalue weighted by atomic mass is 79.9. The molecular weight excluding hydrogens is 360 g/mol. The Labute approximate surface area is 136 Å². The van der Waals surface area contributed by atoms with Gasteiger partial charge in [0, 0.05) is 28.2 Å². The molecule has 21 heavy (non-hydrogen) atoms. The lowest BCUT2D eigenvalue weighted by atomic mass is 10.0. The molecule has 0 aliphatic heterocycles. The first-order valence-electron chi connectivity index (χ1n) is 6.56. The zero-order valence-electron chi connectivity index (χ0n) is 11.7. The Morgan fingerprint density at radius 2 is 1.90 bits per heavy atom. The summed E-state index contributed by atoms with van der Waals surface area (Å²) in [6.45, 7) is 4.42. The Bertz CT molecular complexity index is 659. The van der Waals surface area contributed by atoms with E-state index in [2.05, 4.69) is 21.2 Å². The van der Waals surface area contributed by atoms with Crippen molar-refractivity contribution in [2.24, 2.45) is 0 Å². The van der Waals surface area contributed by atoms with E-state index in [1.165, 1.54) is 6.07 Å². The summed E-state index contributed by atoms with van der Waals surface area (Å²) in [5, 5.41) is 3.15. The third-order valence-electron chi connectivity index (χ3n) is 3.10. The number of hydrogen-bond acceptors (Lipinski definition) is 1. The van der Waals surface area contributed by atoms with Crippen molar-refractivity contribution in [1.29, 1.82) is 0 Å². The topological polar surface area (TPSA) is 12.0 Å². The molecule has 1 N–H and O–H groups in total. The van der Waals surface area contributed by atoms with Gasteiger partial charge in [0.15, 0.2) is 5.82 Å². The lowest BCUT2D eigenvalue weighted by Gasteiger charge is -2.11. The summed E-state index contributed by atoms with van der Waals surface area (Å²) in [4.78, 5) is 0. The van der Waals surface area contributed by atoms with Crippen LogP contribution in [0.5, 0.6) is 0 Å². The molecule has 0 bridgehead atoms. The Hall–Kier alpha value is -0.970. The van der Waals surface area contributed by atoms with Gasteiger partial charge >= 0.3 is 0 Å². The van der Waals surface area contributed by atoms with Crippen LogP contribution in [-0.2, 0) is 6.54 Å². The SMILES string of the molecule is CC(C)NCc1ccc(-c2ccc(Br)c(Cl)c2F)cc1F. The van der Waals surface area contributed by atoms with Crippen LogP contribution in [0.25, 0.3) is 11.1 Å². The summed E-state index contributed by atoms with van der Waals surface area (Å²) < 4.78 is 28.7. The maximum Gasteiger partial charge on any atom is 0.150 e. The van der Waals surface area contributed by atoms with E-state index in [1.807, 2.05) is 13.8 Å². The first kappa shape index (κ1) is 16.4. The van der Waals surface area contributed by atoms with Crippen LogP contribution >= 0.6 is 27.5 Å². The number of halogens is 4. The Kier molecular flexibility index (Phi) is 5.36. The largest absolute Gasteiger partial charge is 0.310 e. The molecule has 2 rings (SSSR count). The van der Waals surface area contributed by atoms with Crippen LogP contribution in [0.2, 0.25) is 5.02 Å². The van der Waals surface area contributed by atoms with Gasteiger partial charge in [0.25, 0.3) is 0 Å². The van der Waals surface area contributed by atoms with Crippen molar-refractivity contribution in [3.05, 3.63) is 57.0 Å². The molecule has 0 aromatic heterocycles. The summed E-state index contributed by atoms with van der Waals surface area (Å²) in [5.74, 6) is -0.919. The quantitative estimate of drug-likeness (QED) is 0.692. The van der Waals surface area contributed by atoms with Crippen molar-refractivity contribution in [3.63, 3.8) is 0 Å². The van der Waals surface area contributed by atoms with Crippen LogP contribution in [0, 0.1) is 11.6 Å². The summed E-state index contributed by atoms with van der Waals surface area (Å²) in [6, 6.07) is 8.18. The number of rotatable bonds is 4. The fourth-order valence-corrected chi connectivity index (χ4v) is 2.39. The minimum atomic E-state index is -0.557. The van der Waals surface area contributed by atoms with Gasteiger partial charge in [-0.2, -0.15) is 0 Å². The molecule has 0 heterocycles. The normalized spacial score (nSPS) is 11.2. The van der Waals surface area contributed by atoms with Gasteiger partial charge in [-0.05, 0) is 33.6 Å². The Morgan fingerprint density at radius 1 is 1.19 bits per heavy atom. The van der Waals surface area contributed by atoms with E-state index in [9.17, 15) is 8.78 Å². The number of benzene rings is 2. The van der Waals surface area contributed by atoms with Crippen LogP contribution < -0.4 is 5.32 Å². The zero-order valence-corrected chi connectivity index (χ0v) is 14.0. The Morgan fingerprint density at radius 3 is 2.52 bits per heavy atom. The van der Waals surface area contributed by atoms with Gasteiger partial charge in [-0.15, -0.1) is 0 Å². The molecule has 0 unspecified atom stereocenters. The van der Waals surface area contributed by atoms with Gasteiger partial charge in [-0.3, -0.25) is 0 Å². The predicted octanol–water partition coefficient (Wildman–Crippen LogP) is 5.55. The summed E-state index contributed by atoms with van der Waals surface area (Å²) in [6.07, 6.45) is 0. The molecule has 1 nitrogen and oxygen atoms in total. The monoisotopic (exact) mass is 373 g/mol. The van der Waals surface area contributed by atoms with Gasteiger partial charge in [-0.25, -0.2) is 8.78 Å². The second-order valence-electron chi connectivity index (χ2n) is 5.06. The molecule has 0 spiro atoms. The fourth-order valence-electron chi connectivity index (χ4n) is 1.92. The van der Waals surface area contributed by atoms with Crippen molar-refractivity contribution in [2.45, 2.75) is 26.4 Å². The maximum atomic E-state index is 14.1. The van der Waals surface area contributed by atoms with Gasteiger partial charge in [0.05, 0.1) is 5.02 Å². The minimum Gasteiger partial charge on any atom is -0.310 e.